The van der Waals surface area contributed by atoms with Crippen LogP contribution in [0.25, 0.3) is 0 Å². The van der Waals surface area contributed by atoms with Gasteiger partial charge in [-0.25, -0.2) is 4.79 Å². The summed E-state index contributed by atoms with van der Waals surface area (Å²) in [7, 11) is 1.83. The molecule has 0 aliphatic heterocycles. The maximum absolute atomic E-state index is 10.3. The van der Waals surface area contributed by atoms with Crippen molar-refractivity contribution >= 4 is 17.7 Å². The van der Waals surface area contributed by atoms with Crippen molar-refractivity contribution in [1.82, 2.24) is 15.1 Å². The molecule has 1 rings (SSSR count). The average molecular weight is 247 g/mol. The van der Waals surface area contributed by atoms with Gasteiger partial charge in [-0.1, -0.05) is 11.6 Å². The number of aromatic nitrogens is 2. The molecule has 0 aliphatic carbocycles. The lowest BCUT2D eigenvalue weighted by Gasteiger charge is -2.05. The fourth-order valence-corrected chi connectivity index (χ4v) is 1.53. The number of halogens is 1. The second kappa shape index (κ2) is 5.72. The third kappa shape index (κ3) is 3.39. The fourth-order valence-electron chi connectivity index (χ4n) is 1.30. The van der Waals surface area contributed by atoms with E-state index in [1.807, 2.05) is 14.0 Å². The molecule has 0 saturated heterocycles. The molecule has 1 aromatic heterocycles. The molecule has 0 aromatic carbocycles. The minimum atomic E-state index is -0.767. The zero-order chi connectivity index (χ0) is 12.1. The van der Waals surface area contributed by atoms with Gasteiger partial charge >= 0.3 is 6.09 Å². The third-order valence-electron chi connectivity index (χ3n) is 2.08. The van der Waals surface area contributed by atoms with E-state index in [4.69, 9.17) is 17.3 Å². The van der Waals surface area contributed by atoms with E-state index in [9.17, 15) is 4.79 Å². The van der Waals surface area contributed by atoms with Crippen LogP contribution < -0.4 is 11.1 Å². The summed E-state index contributed by atoms with van der Waals surface area (Å²) in [5.41, 5.74) is 6.51. The van der Waals surface area contributed by atoms with E-state index in [-0.39, 0.29) is 6.61 Å². The van der Waals surface area contributed by atoms with Gasteiger partial charge in [-0.05, 0) is 6.92 Å². The molecular formula is C9H15ClN4O2. The molecule has 0 fully saturated rings. The van der Waals surface area contributed by atoms with Crippen LogP contribution >= 0.6 is 11.6 Å². The number of nitrogens with two attached hydrogens (primary N) is 1. The predicted molar refractivity (Wildman–Crippen MR) is 60.2 cm³/mol. The van der Waals surface area contributed by atoms with E-state index in [2.05, 4.69) is 15.2 Å². The van der Waals surface area contributed by atoms with Gasteiger partial charge in [0, 0.05) is 20.1 Å². The number of carbonyl (C=O) groups excluding carboxylic acids is 1. The molecule has 0 bridgehead atoms. The molecule has 1 amide bonds. The van der Waals surface area contributed by atoms with Gasteiger partial charge in [0.15, 0.2) is 0 Å². The molecule has 1 heterocycles. The Kier molecular flexibility index (Phi) is 4.57. The van der Waals surface area contributed by atoms with Gasteiger partial charge in [-0.2, -0.15) is 5.10 Å². The molecule has 90 valence electrons. The van der Waals surface area contributed by atoms with E-state index >= 15 is 0 Å². The molecule has 16 heavy (non-hydrogen) atoms. The SMILES string of the molecule is Cc1nn(C)c(CNCCOC(N)=O)c1Cl. The maximum Gasteiger partial charge on any atom is 0.404 e. The van der Waals surface area contributed by atoms with Gasteiger partial charge in [0.2, 0.25) is 0 Å². The Morgan fingerprint density at radius 2 is 2.38 bits per heavy atom. The lowest BCUT2D eigenvalue weighted by atomic mass is 10.3. The molecule has 7 heteroatoms. The Morgan fingerprint density at radius 3 is 2.88 bits per heavy atom. The van der Waals surface area contributed by atoms with Crippen molar-refractivity contribution in [2.45, 2.75) is 13.5 Å². The molecule has 0 radical (unpaired) electrons. The van der Waals surface area contributed by atoms with Gasteiger partial charge in [-0.15, -0.1) is 0 Å². The zero-order valence-corrected chi connectivity index (χ0v) is 10.0. The highest BCUT2D eigenvalue weighted by molar-refractivity contribution is 6.31. The number of primary amides is 1. The summed E-state index contributed by atoms with van der Waals surface area (Å²) in [6.45, 7) is 3.17. The molecular weight excluding hydrogens is 232 g/mol. The quantitative estimate of drug-likeness (QED) is 0.744. The summed E-state index contributed by atoms with van der Waals surface area (Å²) in [5.74, 6) is 0. The van der Waals surface area contributed by atoms with Crippen LogP contribution in [0.5, 0.6) is 0 Å². The van der Waals surface area contributed by atoms with Gasteiger partial charge in [0.1, 0.15) is 6.61 Å². The Hall–Kier alpha value is -1.27. The van der Waals surface area contributed by atoms with Crippen LogP contribution in [0.2, 0.25) is 5.02 Å². The highest BCUT2D eigenvalue weighted by atomic mass is 35.5. The van der Waals surface area contributed by atoms with E-state index in [1.165, 1.54) is 0 Å². The summed E-state index contributed by atoms with van der Waals surface area (Å²) < 4.78 is 6.29. The number of hydrogen-bond acceptors (Lipinski definition) is 4. The van der Waals surface area contributed by atoms with Crippen molar-refractivity contribution in [3.63, 3.8) is 0 Å². The number of hydrogen-bond donors (Lipinski definition) is 2. The van der Waals surface area contributed by atoms with Gasteiger partial charge in [-0.3, -0.25) is 4.68 Å². The van der Waals surface area contributed by atoms with E-state index in [0.29, 0.717) is 18.1 Å². The standard InChI is InChI=1S/C9H15ClN4O2/c1-6-8(10)7(14(2)13-6)5-12-3-4-16-9(11)15/h12H,3-5H2,1-2H3,(H2,11,15). The van der Waals surface area contributed by atoms with Crippen LogP contribution in [-0.2, 0) is 18.3 Å². The predicted octanol–water partition coefficient (Wildman–Crippen LogP) is 0.567. The first-order valence-corrected chi connectivity index (χ1v) is 5.21. The maximum atomic E-state index is 10.3. The van der Waals surface area contributed by atoms with Crippen LogP contribution in [0, 0.1) is 6.92 Å². The Balaban J connectivity index is 2.34. The summed E-state index contributed by atoms with van der Waals surface area (Å²) in [6.07, 6.45) is -0.767. The molecule has 0 aliphatic rings. The second-order valence-corrected chi connectivity index (χ2v) is 3.69. The van der Waals surface area contributed by atoms with Crippen LogP contribution in [0.3, 0.4) is 0 Å². The Labute approximate surface area is 98.7 Å². The van der Waals surface area contributed by atoms with Gasteiger partial charge < -0.3 is 15.8 Å². The van der Waals surface area contributed by atoms with Crippen LogP contribution in [0.15, 0.2) is 0 Å². The smallest absolute Gasteiger partial charge is 0.404 e. The minimum Gasteiger partial charge on any atom is -0.448 e. The molecule has 3 N–H and O–H groups in total. The van der Waals surface area contributed by atoms with Crippen LogP contribution in [0.1, 0.15) is 11.4 Å². The zero-order valence-electron chi connectivity index (χ0n) is 9.29. The first-order chi connectivity index (χ1) is 7.52. The summed E-state index contributed by atoms with van der Waals surface area (Å²) in [6, 6.07) is 0. The Bertz CT molecular complexity index is 378. The van der Waals surface area contributed by atoms with Crippen molar-refractivity contribution in [3.8, 4) is 0 Å². The molecule has 6 nitrogen and oxygen atoms in total. The van der Waals surface area contributed by atoms with E-state index < -0.39 is 6.09 Å². The summed E-state index contributed by atoms with van der Waals surface area (Å²) >= 11 is 6.05. The molecule has 0 unspecified atom stereocenters. The Morgan fingerprint density at radius 1 is 1.69 bits per heavy atom. The summed E-state index contributed by atoms with van der Waals surface area (Å²) in [4.78, 5) is 10.3. The monoisotopic (exact) mass is 246 g/mol. The number of aryl methyl sites for hydroxylation is 2. The van der Waals surface area contributed by atoms with E-state index in [0.717, 1.165) is 11.4 Å². The van der Waals surface area contributed by atoms with Crippen molar-refractivity contribution in [2.75, 3.05) is 13.2 Å². The number of amides is 1. The lowest BCUT2D eigenvalue weighted by Crippen LogP contribution is -2.24. The largest absolute Gasteiger partial charge is 0.448 e. The highest BCUT2D eigenvalue weighted by Crippen LogP contribution is 2.18. The second-order valence-electron chi connectivity index (χ2n) is 3.31. The minimum absolute atomic E-state index is 0.240. The summed E-state index contributed by atoms with van der Waals surface area (Å²) in [5, 5.41) is 7.91. The number of rotatable bonds is 5. The molecule has 1 aromatic rings. The number of nitrogens with one attached hydrogen (secondary N) is 1. The normalized spacial score (nSPS) is 10.4. The highest BCUT2D eigenvalue weighted by Gasteiger charge is 2.09. The number of carbonyl (C=O) groups is 1. The molecule has 0 atom stereocenters. The molecule has 0 spiro atoms. The van der Waals surface area contributed by atoms with E-state index in [1.54, 1.807) is 4.68 Å². The first kappa shape index (κ1) is 12.8. The third-order valence-corrected chi connectivity index (χ3v) is 2.57. The fraction of sp³-hybridized carbons (Fsp3) is 0.556. The van der Waals surface area contributed by atoms with Crippen molar-refractivity contribution in [3.05, 3.63) is 16.4 Å². The van der Waals surface area contributed by atoms with Crippen molar-refractivity contribution in [2.24, 2.45) is 12.8 Å². The van der Waals surface area contributed by atoms with Crippen molar-refractivity contribution in [1.29, 1.82) is 0 Å². The number of ether oxygens (including phenoxy) is 1. The lowest BCUT2D eigenvalue weighted by molar-refractivity contribution is 0.157. The topological polar surface area (TPSA) is 82.2 Å². The van der Waals surface area contributed by atoms with Crippen molar-refractivity contribution < 1.29 is 9.53 Å². The van der Waals surface area contributed by atoms with Crippen LogP contribution in [-0.4, -0.2) is 29.0 Å². The average Bonchev–Trinajstić information content (AvgIpc) is 2.43. The molecule has 0 saturated carbocycles. The number of nitrogens with zero attached hydrogens (tertiary/aromatic N) is 2. The van der Waals surface area contributed by atoms with Gasteiger partial charge in [0.25, 0.3) is 0 Å². The first-order valence-electron chi connectivity index (χ1n) is 4.83. The van der Waals surface area contributed by atoms with Gasteiger partial charge in [0.05, 0.1) is 16.4 Å². The van der Waals surface area contributed by atoms with Crippen LogP contribution in [0.4, 0.5) is 4.79 Å².